The summed E-state index contributed by atoms with van der Waals surface area (Å²) < 4.78 is 27.1. The van der Waals surface area contributed by atoms with Crippen molar-refractivity contribution in [3.8, 4) is 0 Å². The summed E-state index contributed by atoms with van der Waals surface area (Å²) in [6.07, 6.45) is 8.07. The molecule has 29 heavy (non-hydrogen) atoms. The van der Waals surface area contributed by atoms with E-state index in [2.05, 4.69) is 15.4 Å². The second kappa shape index (κ2) is 8.55. The zero-order chi connectivity index (χ0) is 20.3. The summed E-state index contributed by atoms with van der Waals surface area (Å²) in [5.41, 5.74) is 2.18. The fraction of sp³-hybridized carbons (Fsp3) is 0.409. The van der Waals surface area contributed by atoms with E-state index in [1.54, 1.807) is 0 Å². The number of rotatable bonds is 7. The Hall–Kier alpha value is -2.38. The molecule has 1 amide bonds. The molecule has 2 aliphatic rings. The van der Waals surface area contributed by atoms with Gasteiger partial charge in [0.1, 0.15) is 0 Å². The molecule has 0 atom stereocenters. The maximum atomic E-state index is 12.5. The third-order valence-corrected chi connectivity index (χ3v) is 6.98. The van der Waals surface area contributed by atoms with Crippen LogP contribution in [-0.4, -0.2) is 26.4 Å². The fourth-order valence-corrected chi connectivity index (χ4v) is 4.91. The summed E-state index contributed by atoms with van der Waals surface area (Å²) in [6, 6.07) is 14.3. The molecule has 0 bridgehead atoms. The third-order valence-electron chi connectivity index (χ3n) is 5.44. The lowest BCUT2D eigenvalue weighted by molar-refractivity contribution is 0.102. The lowest BCUT2D eigenvalue weighted by atomic mass is 9.95. The highest BCUT2D eigenvalue weighted by atomic mass is 32.2. The van der Waals surface area contributed by atoms with Crippen LogP contribution in [0, 0.1) is 0 Å². The number of carbonyl (C=O) groups excluding carboxylic acids is 1. The summed E-state index contributed by atoms with van der Waals surface area (Å²) in [4.78, 5) is 12.7. The highest BCUT2D eigenvalue weighted by Gasteiger charge is 2.28. The summed E-state index contributed by atoms with van der Waals surface area (Å²) in [5.74, 6) is -0.267. The van der Waals surface area contributed by atoms with Gasteiger partial charge in [-0.25, -0.2) is 13.1 Å². The van der Waals surface area contributed by atoms with Crippen molar-refractivity contribution in [1.29, 1.82) is 0 Å². The van der Waals surface area contributed by atoms with Crippen molar-refractivity contribution in [3.05, 3.63) is 54.1 Å². The Kier molecular flexibility index (Phi) is 5.87. The highest BCUT2D eigenvalue weighted by molar-refractivity contribution is 7.89. The van der Waals surface area contributed by atoms with Gasteiger partial charge in [-0.05, 0) is 74.2 Å². The van der Waals surface area contributed by atoms with Gasteiger partial charge >= 0.3 is 0 Å². The molecule has 0 aromatic heterocycles. The number of amides is 1. The Morgan fingerprint density at radius 1 is 0.759 bits per heavy atom. The molecule has 3 N–H and O–H groups in total. The maximum Gasteiger partial charge on any atom is 0.255 e. The van der Waals surface area contributed by atoms with Crippen LogP contribution in [0.2, 0.25) is 0 Å². The van der Waals surface area contributed by atoms with Crippen LogP contribution in [0.3, 0.4) is 0 Å². The van der Waals surface area contributed by atoms with E-state index in [4.69, 9.17) is 0 Å². The summed E-state index contributed by atoms with van der Waals surface area (Å²) in [6.45, 7) is 0. The molecule has 7 heteroatoms. The summed E-state index contributed by atoms with van der Waals surface area (Å²) >= 11 is 0. The number of anilines is 2. The van der Waals surface area contributed by atoms with Crippen LogP contribution in [0.1, 0.15) is 55.3 Å². The third kappa shape index (κ3) is 5.36. The van der Waals surface area contributed by atoms with Gasteiger partial charge < -0.3 is 10.6 Å². The minimum Gasteiger partial charge on any atom is -0.382 e. The number of benzene rings is 2. The molecule has 2 aliphatic carbocycles. The Morgan fingerprint density at radius 3 is 2.00 bits per heavy atom. The van der Waals surface area contributed by atoms with Crippen molar-refractivity contribution in [3.63, 3.8) is 0 Å². The van der Waals surface area contributed by atoms with Gasteiger partial charge in [0, 0.05) is 29.0 Å². The molecule has 0 aliphatic heterocycles. The maximum absolute atomic E-state index is 12.5. The first kappa shape index (κ1) is 19.9. The molecule has 154 valence electrons. The van der Waals surface area contributed by atoms with E-state index in [1.807, 2.05) is 24.3 Å². The lowest BCUT2D eigenvalue weighted by Gasteiger charge is -2.23. The second-order valence-corrected chi connectivity index (χ2v) is 9.64. The van der Waals surface area contributed by atoms with Gasteiger partial charge in [0.15, 0.2) is 0 Å². The molecular weight excluding hydrogens is 386 g/mol. The van der Waals surface area contributed by atoms with E-state index < -0.39 is 10.0 Å². The van der Waals surface area contributed by atoms with Crippen LogP contribution < -0.4 is 15.4 Å². The predicted molar refractivity (Wildman–Crippen MR) is 115 cm³/mol. The minimum absolute atomic E-state index is 0.0542. The van der Waals surface area contributed by atoms with Crippen LogP contribution in [0.5, 0.6) is 0 Å². The van der Waals surface area contributed by atoms with Gasteiger partial charge in [-0.1, -0.05) is 19.3 Å². The first-order valence-corrected chi connectivity index (χ1v) is 11.8. The number of nitrogens with one attached hydrogen (secondary N) is 3. The average molecular weight is 414 g/mol. The molecule has 2 saturated carbocycles. The van der Waals surface area contributed by atoms with Gasteiger partial charge in [-0.15, -0.1) is 0 Å². The zero-order valence-corrected chi connectivity index (χ0v) is 17.2. The smallest absolute Gasteiger partial charge is 0.255 e. The van der Waals surface area contributed by atoms with E-state index in [9.17, 15) is 13.2 Å². The fourth-order valence-electron chi connectivity index (χ4n) is 3.61. The van der Waals surface area contributed by atoms with Gasteiger partial charge in [0.25, 0.3) is 5.91 Å². The van der Waals surface area contributed by atoms with Gasteiger partial charge in [0.05, 0.1) is 4.90 Å². The zero-order valence-electron chi connectivity index (χ0n) is 16.4. The van der Waals surface area contributed by atoms with Gasteiger partial charge in [-0.2, -0.15) is 0 Å². The molecular formula is C22H27N3O3S. The Morgan fingerprint density at radius 2 is 1.38 bits per heavy atom. The SMILES string of the molecule is O=C(Nc1ccc(NC2CCCCC2)cc1)c1ccc(S(=O)(=O)NC2CC2)cc1. The van der Waals surface area contributed by atoms with Crippen molar-refractivity contribution >= 4 is 27.3 Å². The molecule has 0 radical (unpaired) electrons. The van der Waals surface area contributed by atoms with Crippen molar-refractivity contribution in [2.45, 2.75) is 61.9 Å². The average Bonchev–Trinajstić information content (AvgIpc) is 3.54. The van der Waals surface area contributed by atoms with Crippen LogP contribution >= 0.6 is 0 Å². The molecule has 2 fully saturated rings. The van der Waals surface area contributed by atoms with Crippen LogP contribution in [0.4, 0.5) is 11.4 Å². The molecule has 6 nitrogen and oxygen atoms in total. The number of hydrogen-bond donors (Lipinski definition) is 3. The number of carbonyl (C=O) groups is 1. The van der Waals surface area contributed by atoms with Crippen molar-refractivity contribution < 1.29 is 13.2 Å². The Labute approximate surface area is 172 Å². The molecule has 2 aromatic rings. The lowest BCUT2D eigenvalue weighted by Crippen LogP contribution is -2.25. The van der Waals surface area contributed by atoms with E-state index in [0.717, 1.165) is 18.5 Å². The largest absolute Gasteiger partial charge is 0.382 e. The predicted octanol–water partition coefficient (Wildman–Crippen LogP) is 4.12. The molecule has 2 aromatic carbocycles. The van der Waals surface area contributed by atoms with Crippen molar-refractivity contribution in [1.82, 2.24) is 4.72 Å². The monoisotopic (exact) mass is 413 g/mol. The topological polar surface area (TPSA) is 87.3 Å². The van der Waals surface area contributed by atoms with Crippen molar-refractivity contribution in [2.75, 3.05) is 10.6 Å². The molecule has 0 unspecified atom stereocenters. The number of sulfonamides is 1. The van der Waals surface area contributed by atoms with Crippen molar-refractivity contribution in [2.24, 2.45) is 0 Å². The number of hydrogen-bond acceptors (Lipinski definition) is 4. The first-order chi connectivity index (χ1) is 14.0. The first-order valence-electron chi connectivity index (χ1n) is 10.3. The van der Waals surface area contributed by atoms with Gasteiger partial charge in [0.2, 0.25) is 10.0 Å². The van der Waals surface area contributed by atoms with E-state index in [1.165, 1.54) is 56.4 Å². The quantitative estimate of drug-likeness (QED) is 0.637. The minimum atomic E-state index is -3.50. The normalized spacial score (nSPS) is 17.7. The Bertz CT molecular complexity index is 946. The molecule has 0 spiro atoms. The second-order valence-electron chi connectivity index (χ2n) is 7.93. The Balaban J connectivity index is 1.34. The standard InChI is InChI=1S/C22H27N3O3S/c26-22(16-6-14-21(15-7-16)29(27,28)25-20-12-13-20)24-19-10-8-18(9-11-19)23-17-4-2-1-3-5-17/h6-11,14-15,17,20,23,25H,1-5,12-13H2,(H,24,26). The highest BCUT2D eigenvalue weighted by Crippen LogP contribution is 2.24. The molecule has 0 saturated heterocycles. The summed E-state index contributed by atoms with van der Waals surface area (Å²) in [5, 5.41) is 6.41. The molecule has 4 rings (SSSR count). The van der Waals surface area contributed by atoms with Gasteiger partial charge in [-0.3, -0.25) is 4.79 Å². The molecule has 0 heterocycles. The van der Waals surface area contributed by atoms with Crippen LogP contribution in [-0.2, 0) is 10.0 Å². The van der Waals surface area contributed by atoms with Crippen LogP contribution in [0.15, 0.2) is 53.4 Å². The van der Waals surface area contributed by atoms with E-state index in [-0.39, 0.29) is 16.8 Å². The van der Waals surface area contributed by atoms with E-state index in [0.29, 0.717) is 17.3 Å². The van der Waals surface area contributed by atoms with E-state index >= 15 is 0 Å². The summed E-state index contributed by atoms with van der Waals surface area (Å²) in [7, 11) is -3.50. The van der Waals surface area contributed by atoms with Crippen LogP contribution in [0.25, 0.3) is 0 Å².